The lowest BCUT2D eigenvalue weighted by Crippen LogP contribution is -2.10. The molecule has 1 fully saturated rings. The van der Waals surface area contributed by atoms with Crippen LogP contribution in [-0.2, 0) is 21.1 Å². The number of hydrogen-bond donors (Lipinski definition) is 0. The van der Waals surface area contributed by atoms with Crippen molar-refractivity contribution in [2.75, 3.05) is 0 Å². The molecule has 2 aromatic carbocycles. The zero-order valence-corrected chi connectivity index (χ0v) is 13.2. The van der Waals surface area contributed by atoms with Crippen LogP contribution in [-0.4, -0.2) is 20.0 Å². The van der Waals surface area contributed by atoms with Gasteiger partial charge in [0.2, 0.25) is 0 Å². The topological polar surface area (TPSA) is 51.2 Å². The first-order valence-corrected chi connectivity index (χ1v) is 8.97. The molecular formula is C18H18O3S. The predicted molar refractivity (Wildman–Crippen MR) is 85.5 cm³/mol. The number of carbonyl (C=O) groups excluding carboxylic acids is 1. The van der Waals surface area contributed by atoms with E-state index in [-0.39, 0.29) is 5.92 Å². The zero-order valence-electron chi connectivity index (χ0n) is 12.3. The van der Waals surface area contributed by atoms with Crippen molar-refractivity contribution in [3.63, 3.8) is 0 Å². The van der Waals surface area contributed by atoms with E-state index in [1.807, 2.05) is 24.3 Å². The molecule has 1 aliphatic carbocycles. The molecule has 0 spiro atoms. The van der Waals surface area contributed by atoms with E-state index >= 15 is 0 Å². The lowest BCUT2D eigenvalue weighted by Gasteiger charge is -2.04. The molecule has 22 heavy (non-hydrogen) atoms. The second-order valence-corrected chi connectivity index (χ2v) is 7.76. The zero-order chi connectivity index (χ0) is 15.7. The van der Waals surface area contributed by atoms with Gasteiger partial charge < -0.3 is 4.79 Å². The Hall–Kier alpha value is -1.94. The third kappa shape index (κ3) is 2.48. The first kappa shape index (κ1) is 15.0. The summed E-state index contributed by atoms with van der Waals surface area (Å²) in [5.41, 5.74) is 2.13. The molecule has 3 rings (SSSR count). The number of carbonyl (C=O) groups is 1. The van der Waals surface area contributed by atoms with Gasteiger partial charge in [-0.15, -0.1) is 0 Å². The molecule has 0 heterocycles. The van der Waals surface area contributed by atoms with Crippen LogP contribution in [0, 0.1) is 5.92 Å². The molecule has 2 aromatic rings. The third-order valence-corrected chi connectivity index (χ3v) is 6.62. The van der Waals surface area contributed by atoms with Crippen molar-refractivity contribution in [1.29, 1.82) is 0 Å². The van der Waals surface area contributed by atoms with E-state index in [9.17, 15) is 13.2 Å². The number of sulfone groups is 1. The summed E-state index contributed by atoms with van der Waals surface area (Å²) in [6.07, 6.45) is 1.72. The van der Waals surface area contributed by atoms with Gasteiger partial charge in [0.05, 0.1) is 10.1 Å². The Kier molecular flexibility index (Phi) is 3.87. The molecule has 4 heteroatoms. The van der Waals surface area contributed by atoms with Gasteiger partial charge in [0.1, 0.15) is 6.29 Å². The Morgan fingerprint density at radius 3 is 2.18 bits per heavy atom. The van der Waals surface area contributed by atoms with E-state index in [1.54, 1.807) is 30.3 Å². The van der Waals surface area contributed by atoms with Gasteiger partial charge in [0, 0.05) is 11.8 Å². The van der Waals surface area contributed by atoms with Crippen molar-refractivity contribution >= 4 is 16.1 Å². The quantitative estimate of drug-likeness (QED) is 0.797. The Balaban J connectivity index is 1.93. The molecule has 0 aliphatic heterocycles. The molecule has 1 aliphatic rings. The summed E-state index contributed by atoms with van der Waals surface area (Å²) < 4.78 is 25.4. The number of benzene rings is 2. The fourth-order valence-corrected chi connectivity index (χ4v) is 5.15. The molecule has 3 atom stereocenters. The second kappa shape index (κ2) is 5.69. The molecule has 0 N–H and O–H groups in total. The van der Waals surface area contributed by atoms with Crippen LogP contribution in [0.15, 0.2) is 59.5 Å². The fourth-order valence-electron chi connectivity index (χ4n) is 3.02. The van der Waals surface area contributed by atoms with Crippen LogP contribution < -0.4 is 0 Å². The molecule has 0 bridgehead atoms. The fraction of sp³-hybridized carbons (Fsp3) is 0.278. The van der Waals surface area contributed by atoms with Crippen LogP contribution in [0.2, 0.25) is 0 Å². The highest BCUT2D eigenvalue weighted by Crippen LogP contribution is 2.52. The summed E-state index contributed by atoms with van der Waals surface area (Å²) >= 11 is 0. The summed E-state index contributed by atoms with van der Waals surface area (Å²) in [5.74, 6) is -0.675. The lowest BCUT2D eigenvalue weighted by atomic mass is 10.1. The highest BCUT2D eigenvalue weighted by atomic mass is 32.2. The Morgan fingerprint density at radius 2 is 1.64 bits per heavy atom. The molecule has 3 nitrogen and oxygen atoms in total. The third-order valence-electron chi connectivity index (χ3n) is 4.37. The van der Waals surface area contributed by atoms with Crippen LogP contribution in [0.4, 0.5) is 0 Å². The minimum Gasteiger partial charge on any atom is -0.303 e. The van der Waals surface area contributed by atoms with Crippen LogP contribution in [0.1, 0.15) is 24.0 Å². The van der Waals surface area contributed by atoms with E-state index in [4.69, 9.17) is 0 Å². The predicted octanol–water partition coefficient (Wildman–Crippen LogP) is 3.00. The molecule has 0 saturated heterocycles. The molecule has 114 valence electrons. The maximum absolute atomic E-state index is 12.7. The molecular weight excluding hydrogens is 296 g/mol. The normalized spacial score (nSPS) is 24.0. The minimum absolute atomic E-state index is 0.228. The maximum Gasteiger partial charge on any atom is 0.182 e. The van der Waals surface area contributed by atoms with Gasteiger partial charge in [-0.25, -0.2) is 8.42 Å². The number of hydrogen-bond acceptors (Lipinski definition) is 3. The minimum atomic E-state index is -3.47. The van der Waals surface area contributed by atoms with E-state index < -0.39 is 21.0 Å². The van der Waals surface area contributed by atoms with Gasteiger partial charge in [0.25, 0.3) is 0 Å². The van der Waals surface area contributed by atoms with Gasteiger partial charge in [-0.05, 0) is 29.7 Å². The number of aryl methyl sites for hydroxylation is 1. The van der Waals surface area contributed by atoms with Crippen LogP contribution in [0.5, 0.6) is 0 Å². The van der Waals surface area contributed by atoms with E-state index in [0.717, 1.165) is 18.3 Å². The number of aldehydes is 1. The van der Waals surface area contributed by atoms with Crippen molar-refractivity contribution in [3.8, 4) is 0 Å². The maximum atomic E-state index is 12.7. The van der Waals surface area contributed by atoms with Gasteiger partial charge in [-0.2, -0.15) is 0 Å². The molecule has 0 unspecified atom stereocenters. The Labute approximate surface area is 130 Å². The van der Waals surface area contributed by atoms with Gasteiger partial charge in [0.15, 0.2) is 9.84 Å². The van der Waals surface area contributed by atoms with Crippen LogP contribution in [0.3, 0.4) is 0 Å². The first-order valence-electron chi connectivity index (χ1n) is 7.42. The highest BCUT2D eigenvalue weighted by molar-refractivity contribution is 7.92. The lowest BCUT2D eigenvalue weighted by molar-refractivity contribution is -0.108. The largest absolute Gasteiger partial charge is 0.303 e. The average Bonchev–Trinajstić information content (AvgIpc) is 3.31. The molecule has 1 saturated carbocycles. The second-order valence-electron chi connectivity index (χ2n) is 5.66. The smallest absolute Gasteiger partial charge is 0.182 e. The van der Waals surface area contributed by atoms with Crippen molar-refractivity contribution in [1.82, 2.24) is 0 Å². The van der Waals surface area contributed by atoms with Crippen molar-refractivity contribution in [2.24, 2.45) is 5.92 Å². The highest BCUT2D eigenvalue weighted by Gasteiger charge is 2.58. The van der Waals surface area contributed by atoms with E-state index in [0.29, 0.717) is 4.90 Å². The van der Waals surface area contributed by atoms with Crippen molar-refractivity contribution < 1.29 is 13.2 Å². The molecule has 0 aromatic heterocycles. The Bertz CT molecular complexity index is 764. The Morgan fingerprint density at radius 1 is 1.00 bits per heavy atom. The van der Waals surface area contributed by atoms with E-state index in [2.05, 4.69) is 6.92 Å². The monoisotopic (exact) mass is 314 g/mol. The summed E-state index contributed by atoms with van der Waals surface area (Å²) in [6, 6.07) is 16.3. The summed E-state index contributed by atoms with van der Waals surface area (Å²) in [6.45, 7) is 2.07. The standard InChI is InChI=1S/C18H18O3S/c1-2-13-8-10-14(11-9-13)17-16(12-19)18(17)22(20,21)15-6-4-3-5-7-15/h3-12,16-18H,2H2,1H3/t16-,17-,18-/m1/s1. The molecule has 0 radical (unpaired) electrons. The van der Waals surface area contributed by atoms with E-state index in [1.165, 1.54) is 5.56 Å². The van der Waals surface area contributed by atoms with Gasteiger partial charge >= 0.3 is 0 Å². The van der Waals surface area contributed by atoms with Gasteiger partial charge in [-0.3, -0.25) is 0 Å². The summed E-state index contributed by atoms with van der Waals surface area (Å²) in [7, 11) is -3.47. The molecule has 0 amide bonds. The summed E-state index contributed by atoms with van der Waals surface area (Å²) in [4.78, 5) is 11.6. The first-order chi connectivity index (χ1) is 10.6. The van der Waals surface area contributed by atoms with Crippen LogP contribution >= 0.6 is 0 Å². The number of rotatable bonds is 5. The van der Waals surface area contributed by atoms with Gasteiger partial charge in [-0.1, -0.05) is 49.4 Å². The SMILES string of the molecule is CCc1ccc([C@@H]2[C@@H](C=O)[C@H]2S(=O)(=O)c2ccccc2)cc1. The summed E-state index contributed by atoms with van der Waals surface area (Å²) in [5, 5.41) is -0.639. The van der Waals surface area contributed by atoms with Crippen molar-refractivity contribution in [3.05, 3.63) is 65.7 Å². The van der Waals surface area contributed by atoms with Crippen molar-refractivity contribution in [2.45, 2.75) is 29.4 Å². The van der Waals surface area contributed by atoms with Crippen LogP contribution in [0.25, 0.3) is 0 Å². The average molecular weight is 314 g/mol.